The molecule has 1 heterocycles. The zero-order valence-corrected chi connectivity index (χ0v) is 30.9. The highest BCUT2D eigenvalue weighted by atomic mass is 16.3. The number of anilines is 3. The maximum atomic E-state index is 6.44. The Hall–Kier alpha value is -6.38. The Balaban J connectivity index is 1.12. The van der Waals surface area contributed by atoms with E-state index >= 15 is 0 Å². The summed E-state index contributed by atoms with van der Waals surface area (Å²) in [5.74, 6) is 0. The molecular formula is C52H39NO. The van der Waals surface area contributed by atoms with Crippen molar-refractivity contribution in [3.8, 4) is 33.4 Å². The second-order valence-electron chi connectivity index (χ2n) is 16.1. The molecular weight excluding hydrogens is 655 g/mol. The van der Waals surface area contributed by atoms with E-state index in [0.717, 1.165) is 38.7 Å². The summed E-state index contributed by atoms with van der Waals surface area (Å²) in [4.78, 5) is 2.49. The molecule has 1 aromatic heterocycles. The van der Waals surface area contributed by atoms with E-state index in [2.05, 4.69) is 190 Å². The maximum Gasteiger partial charge on any atom is 0.143 e. The molecule has 258 valence electrons. The van der Waals surface area contributed by atoms with E-state index < -0.39 is 0 Å². The van der Waals surface area contributed by atoms with Crippen molar-refractivity contribution in [3.05, 3.63) is 186 Å². The van der Waals surface area contributed by atoms with Crippen LogP contribution in [-0.2, 0) is 10.8 Å². The fourth-order valence-corrected chi connectivity index (χ4v) is 9.76. The lowest BCUT2D eigenvalue weighted by Gasteiger charge is -2.30. The van der Waals surface area contributed by atoms with Crippen molar-refractivity contribution in [3.63, 3.8) is 0 Å². The predicted molar refractivity (Wildman–Crippen MR) is 226 cm³/mol. The molecule has 2 aliphatic rings. The van der Waals surface area contributed by atoms with Gasteiger partial charge in [0.1, 0.15) is 11.2 Å². The largest absolute Gasteiger partial charge is 0.455 e. The summed E-state index contributed by atoms with van der Waals surface area (Å²) < 4.78 is 6.44. The fourth-order valence-electron chi connectivity index (χ4n) is 9.76. The monoisotopic (exact) mass is 693 g/mol. The average molecular weight is 694 g/mol. The van der Waals surface area contributed by atoms with E-state index in [1.807, 2.05) is 6.07 Å². The Morgan fingerprint density at radius 3 is 1.80 bits per heavy atom. The summed E-state index contributed by atoms with van der Waals surface area (Å²) >= 11 is 0. The van der Waals surface area contributed by atoms with Gasteiger partial charge in [-0.2, -0.15) is 0 Å². The molecule has 11 rings (SSSR count). The standard InChI is InChI=1S/C52H39NO/c1-51(2)44-20-11-8-18-40(44)49-45(51)21-13-22-47(49)53(34-28-29-37-36-15-7-10-19-43(36)52(3,4)46(37)30-34)33-26-24-32(25-27-33)41-31-42-38-16-9-12-23-48(38)54-50(42)39-17-6-5-14-35(39)41/h5-31H,1-4H3. The Morgan fingerprint density at radius 1 is 0.407 bits per heavy atom. The SMILES string of the molecule is CC1(C)c2ccccc2-c2ccc(N(c3ccc(-c4cc5c6ccccc6oc5c5ccccc45)cc3)c3cccc4c3-c3ccccc3C4(C)C)cc21. The van der Waals surface area contributed by atoms with Crippen LogP contribution < -0.4 is 4.90 Å². The zero-order valence-electron chi connectivity index (χ0n) is 30.9. The fraction of sp³-hybridized carbons (Fsp3) is 0.115. The van der Waals surface area contributed by atoms with Gasteiger partial charge < -0.3 is 9.32 Å². The molecule has 8 aromatic carbocycles. The van der Waals surface area contributed by atoms with Crippen LogP contribution in [0.25, 0.3) is 66.1 Å². The van der Waals surface area contributed by atoms with Gasteiger partial charge in [0.05, 0.1) is 5.69 Å². The molecule has 0 radical (unpaired) electrons. The summed E-state index contributed by atoms with van der Waals surface area (Å²) in [5, 5.41) is 4.61. The van der Waals surface area contributed by atoms with Crippen LogP contribution in [0.3, 0.4) is 0 Å². The first-order valence-corrected chi connectivity index (χ1v) is 19.0. The summed E-state index contributed by atoms with van der Waals surface area (Å²) in [5.41, 5.74) is 18.3. The molecule has 0 bridgehead atoms. The quantitative estimate of drug-likeness (QED) is 0.182. The number of para-hydroxylation sites is 1. The topological polar surface area (TPSA) is 16.4 Å². The molecule has 2 aliphatic carbocycles. The van der Waals surface area contributed by atoms with Crippen molar-refractivity contribution in [2.45, 2.75) is 38.5 Å². The number of hydrogen-bond donors (Lipinski definition) is 0. The number of hydrogen-bond acceptors (Lipinski definition) is 2. The number of nitrogens with zero attached hydrogens (tertiary/aromatic N) is 1. The molecule has 0 unspecified atom stereocenters. The maximum absolute atomic E-state index is 6.44. The van der Waals surface area contributed by atoms with E-state index in [9.17, 15) is 0 Å². The highest BCUT2D eigenvalue weighted by Gasteiger charge is 2.39. The molecule has 0 saturated carbocycles. The normalized spacial score (nSPS) is 14.6. The molecule has 0 N–H and O–H groups in total. The highest BCUT2D eigenvalue weighted by Crippen LogP contribution is 2.56. The van der Waals surface area contributed by atoms with Crippen LogP contribution in [0.4, 0.5) is 17.1 Å². The van der Waals surface area contributed by atoms with Crippen molar-refractivity contribution in [1.29, 1.82) is 0 Å². The van der Waals surface area contributed by atoms with Gasteiger partial charge in [-0.3, -0.25) is 0 Å². The summed E-state index contributed by atoms with van der Waals surface area (Å²) in [6.07, 6.45) is 0. The minimum atomic E-state index is -0.109. The van der Waals surface area contributed by atoms with E-state index in [4.69, 9.17) is 4.42 Å². The van der Waals surface area contributed by atoms with Gasteiger partial charge in [0.2, 0.25) is 0 Å². The molecule has 0 amide bonds. The lowest BCUT2D eigenvalue weighted by Crippen LogP contribution is -2.17. The summed E-state index contributed by atoms with van der Waals surface area (Å²) in [6, 6.07) is 60.4. The third-order valence-corrected chi connectivity index (χ3v) is 12.5. The molecule has 0 fully saturated rings. The first kappa shape index (κ1) is 31.2. The molecule has 2 heteroatoms. The van der Waals surface area contributed by atoms with Crippen LogP contribution in [0, 0.1) is 0 Å². The van der Waals surface area contributed by atoms with Crippen LogP contribution in [0.2, 0.25) is 0 Å². The van der Waals surface area contributed by atoms with Crippen LogP contribution in [-0.4, -0.2) is 0 Å². The second kappa shape index (κ2) is 11.1. The van der Waals surface area contributed by atoms with Gasteiger partial charge in [-0.25, -0.2) is 0 Å². The first-order valence-electron chi connectivity index (χ1n) is 19.0. The van der Waals surface area contributed by atoms with Crippen LogP contribution >= 0.6 is 0 Å². The zero-order chi connectivity index (χ0) is 36.3. The van der Waals surface area contributed by atoms with E-state index in [1.165, 1.54) is 66.7 Å². The lowest BCUT2D eigenvalue weighted by atomic mass is 9.82. The van der Waals surface area contributed by atoms with Crippen LogP contribution in [0.1, 0.15) is 49.9 Å². The number of furan rings is 1. The Kier molecular flexibility index (Phi) is 6.39. The number of benzene rings is 8. The van der Waals surface area contributed by atoms with E-state index in [-0.39, 0.29) is 10.8 Å². The Morgan fingerprint density at radius 2 is 1.00 bits per heavy atom. The molecule has 0 saturated heterocycles. The minimum absolute atomic E-state index is 0.101. The molecule has 0 spiro atoms. The van der Waals surface area contributed by atoms with Gasteiger partial charge in [-0.05, 0) is 97.9 Å². The Labute approximate surface area is 315 Å². The Bertz CT molecular complexity index is 3000. The summed E-state index contributed by atoms with van der Waals surface area (Å²) in [7, 11) is 0. The van der Waals surface area contributed by atoms with E-state index in [0.29, 0.717) is 0 Å². The van der Waals surface area contributed by atoms with Gasteiger partial charge in [0.15, 0.2) is 0 Å². The van der Waals surface area contributed by atoms with Crippen molar-refractivity contribution < 1.29 is 4.42 Å². The van der Waals surface area contributed by atoms with Gasteiger partial charge in [0, 0.05) is 43.9 Å². The van der Waals surface area contributed by atoms with Crippen molar-refractivity contribution in [1.82, 2.24) is 0 Å². The van der Waals surface area contributed by atoms with Gasteiger partial charge in [-0.1, -0.05) is 149 Å². The minimum Gasteiger partial charge on any atom is -0.455 e. The van der Waals surface area contributed by atoms with Crippen molar-refractivity contribution >= 4 is 49.8 Å². The number of fused-ring (bicyclic) bond motifs is 11. The van der Waals surface area contributed by atoms with Gasteiger partial charge >= 0.3 is 0 Å². The van der Waals surface area contributed by atoms with Gasteiger partial charge in [0.25, 0.3) is 0 Å². The average Bonchev–Trinajstić information content (AvgIpc) is 3.78. The lowest BCUT2D eigenvalue weighted by molar-refractivity contribution is 0.660. The van der Waals surface area contributed by atoms with Gasteiger partial charge in [-0.15, -0.1) is 0 Å². The van der Waals surface area contributed by atoms with E-state index in [1.54, 1.807) is 0 Å². The molecule has 54 heavy (non-hydrogen) atoms. The smallest absolute Gasteiger partial charge is 0.143 e. The highest BCUT2D eigenvalue weighted by molar-refractivity contribution is 6.19. The molecule has 9 aromatic rings. The van der Waals surface area contributed by atoms with Crippen LogP contribution in [0.5, 0.6) is 0 Å². The molecule has 0 aliphatic heterocycles. The summed E-state index contributed by atoms with van der Waals surface area (Å²) in [6.45, 7) is 9.45. The molecule has 2 nitrogen and oxygen atoms in total. The molecule has 0 atom stereocenters. The second-order valence-corrected chi connectivity index (χ2v) is 16.1. The third-order valence-electron chi connectivity index (χ3n) is 12.5. The van der Waals surface area contributed by atoms with Crippen molar-refractivity contribution in [2.24, 2.45) is 0 Å². The van der Waals surface area contributed by atoms with Crippen molar-refractivity contribution in [2.75, 3.05) is 4.90 Å². The number of rotatable bonds is 4. The predicted octanol–water partition coefficient (Wildman–Crippen LogP) is 14.5. The third kappa shape index (κ3) is 4.23. The first-order chi connectivity index (χ1) is 26.3. The van der Waals surface area contributed by atoms with Crippen LogP contribution in [0.15, 0.2) is 168 Å².